The number of aromatic nitrogens is 2. The van der Waals surface area contributed by atoms with Gasteiger partial charge >= 0.3 is 0 Å². The van der Waals surface area contributed by atoms with Gasteiger partial charge in [-0.2, -0.15) is 5.10 Å². The molecule has 2 atom stereocenters. The fourth-order valence-corrected chi connectivity index (χ4v) is 2.86. The first-order valence-electron chi connectivity index (χ1n) is 5.84. The van der Waals surface area contributed by atoms with Crippen LogP contribution in [0.2, 0.25) is 0 Å². The fourth-order valence-electron chi connectivity index (χ4n) is 2.86. The minimum absolute atomic E-state index is 0.470. The molecular formula is C12H20N2O. The lowest BCUT2D eigenvalue weighted by Gasteiger charge is -2.29. The summed E-state index contributed by atoms with van der Waals surface area (Å²) in [6, 6.07) is 0. The number of nitrogens with zero attached hydrogens (tertiary/aromatic N) is 2. The van der Waals surface area contributed by atoms with Gasteiger partial charge in [-0.3, -0.25) is 4.68 Å². The van der Waals surface area contributed by atoms with E-state index in [4.69, 9.17) is 0 Å². The highest BCUT2D eigenvalue weighted by atomic mass is 16.3. The Morgan fingerprint density at radius 3 is 3.07 bits per heavy atom. The van der Waals surface area contributed by atoms with Crippen molar-refractivity contribution < 1.29 is 5.11 Å². The first-order chi connectivity index (χ1) is 7.14. The molecule has 0 spiro atoms. The Bertz CT molecular complexity index is 334. The van der Waals surface area contributed by atoms with Crippen LogP contribution in [0.3, 0.4) is 0 Å². The van der Waals surface area contributed by atoms with E-state index in [1.165, 1.54) is 6.42 Å². The van der Waals surface area contributed by atoms with Gasteiger partial charge < -0.3 is 5.11 Å². The Hall–Kier alpha value is -0.830. The Labute approximate surface area is 91.1 Å². The lowest BCUT2D eigenvalue weighted by Crippen LogP contribution is -2.35. The second-order valence-electron chi connectivity index (χ2n) is 4.80. The summed E-state index contributed by atoms with van der Waals surface area (Å²) in [5.41, 5.74) is 0.679. The molecule has 1 aliphatic rings. The molecule has 2 rings (SSSR count). The molecule has 0 saturated heterocycles. The standard InChI is InChI=1S/C12H20N2O/c1-3-11-5-4-6-12(11,15)7-10-8-13-14(2)9-10/h8-9,11,15H,3-7H2,1-2H3. The van der Waals surface area contributed by atoms with Crippen LogP contribution in [0.4, 0.5) is 0 Å². The van der Waals surface area contributed by atoms with E-state index in [1.54, 1.807) is 4.68 Å². The fraction of sp³-hybridized carbons (Fsp3) is 0.750. The average Bonchev–Trinajstić information content (AvgIpc) is 2.73. The second kappa shape index (κ2) is 3.97. The quantitative estimate of drug-likeness (QED) is 0.824. The Kier molecular flexibility index (Phi) is 2.83. The third-order valence-electron chi connectivity index (χ3n) is 3.68. The molecule has 2 unspecified atom stereocenters. The largest absolute Gasteiger partial charge is 0.389 e. The first-order valence-corrected chi connectivity index (χ1v) is 5.84. The van der Waals surface area contributed by atoms with Crippen LogP contribution < -0.4 is 0 Å². The molecule has 1 saturated carbocycles. The number of rotatable bonds is 3. The minimum Gasteiger partial charge on any atom is -0.389 e. The molecule has 0 bridgehead atoms. The molecule has 1 heterocycles. The van der Waals surface area contributed by atoms with Gasteiger partial charge in [-0.15, -0.1) is 0 Å². The van der Waals surface area contributed by atoms with Gasteiger partial charge in [0.2, 0.25) is 0 Å². The molecule has 1 fully saturated rings. The highest BCUT2D eigenvalue weighted by molar-refractivity contribution is 5.10. The molecule has 1 aromatic heterocycles. The molecule has 3 heteroatoms. The van der Waals surface area contributed by atoms with Crippen molar-refractivity contribution in [3.8, 4) is 0 Å². The van der Waals surface area contributed by atoms with E-state index in [0.29, 0.717) is 5.92 Å². The van der Waals surface area contributed by atoms with Crippen LogP contribution in [0.25, 0.3) is 0 Å². The molecule has 1 N–H and O–H groups in total. The topological polar surface area (TPSA) is 38.1 Å². The van der Waals surface area contributed by atoms with E-state index >= 15 is 0 Å². The summed E-state index contributed by atoms with van der Waals surface area (Å²) in [5, 5.41) is 14.7. The SMILES string of the molecule is CCC1CCCC1(O)Cc1cnn(C)c1. The van der Waals surface area contributed by atoms with Crippen molar-refractivity contribution in [1.29, 1.82) is 0 Å². The van der Waals surface area contributed by atoms with Crippen molar-refractivity contribution in [2.24, 2.45) is 13.0 Å². The van der Waals surface area contributed by atoms with Crippen LogP contribution >= 0.6 is 0 Å². The zero-order valence-corrected chi connectivity index (χ0v) is 9.61. The summed E-state index contributed by atoms with van der Waals surface area (Å²) in [6.07, 6.45) is 8.99. The Balaban J connectivity index is 2.09. The Morgan fingerprint density at radius 1 is 1.67 bits per heavy atom. The highest BCUT2D eigenvalue weighted by Gasteiger charge is 2.39. The predicted molar refractivity (Wildman–Crippen MR) is 59.5 cm³/mol. The van der Waals surface area contributed by atoms with Gasteiger partial charge in [-0.1, -0.05) is 19.8 Å². The van der Waals surface area contributed by atoms with Crippen LogP contribution in [0.5, 0.6) is 0 Å². The summed E-state index contributed by atoms with van der Waals surface area (Å²) in [5.74, 6) is 0.470. The lowest BCUT2D eigenvalue weighted by atomic mass is 9.84. The molecule has 0 radical (unpaired) electrons. The summed E-state index contributed by atoms with van der Waals surface area (Å²) >= 11 is 0. The summed E-state index contributed by atoms with van der Waals surface area (Å²) in [7, 11) is 1.92. The van der Waals surface area contributed by atoms with Gasteiger partial charge in [0, 0.05) is 19.7 Å². The van der Waals surface area contributed by atoms with E-state index in [0.717, 1.165) is 31.2 Å². The van der Waals surface area contributed by atoms with E-state index in [9.17, 15) is 5.11 Å². The summed E-state index contributed by atoms with van der Waals surface area (Å²) < 4.78 is 1.80. The van der Waals surface area contributed by atoms with E-state index < -0.39 is 5.60 Å². The molecule has 0 aromatic carbocycles. The second-order valence-corrected chi connectivity index (χ2v) is 4.80. The van der Waals surface area contributed by atoms with Gasteiger partial charge in [0.25, 0.3) is 0 Å². The molecule has 0 aliphatic heterocycles. The van der Waals surface area contributed by atoms with Gasteiger partial charge in [0.05, 0.1) is 11.8 Å². The number of hydrogen-bond donors (Lipinski definition) is 1. The molecule has 15 heavy (non-hydrogen) atoms. The van der Waals surface area contributed by atoms with E-state index in [1.807, 2.05) is 19.4 Å². The molecule has 1 aliphatic carbocycles. The maximum Gasteiger partial charge on any atom is 0.0717 e. The minimum atomic E-state index is -0.474. The van der Waals surface area contributed by atoms with Crippen molar-refractivity contribution in [3.63, 3.8) is 0 Å². The lowest BCUT2D eigenvalue weighted by molar-refractivity contribution is 0.00146. The first kappa shape index (κ1) is 10.7. The predicted octanol–water partition coefficient (Wildman–Crippen LogP) is 1.90. The van der Waals surface area contributed by atoms with Crippen molar-refractivity contribution >= 4 is 0 Å². The maximum absolute atomic E-state index is 10.6. The molecule has 3 nitrogen and oxygen atoms in total. The van der Waals surface area contributed by atoms with Crippen molar-refractivity contribution in [2.75, 3.05) is 0 Å². The van der Waals surface area contributed by atoms with Gasteiger partial charge in [-0.05, 0) is 24.3 Å². The molecular weight excluding hydrogens is 188 g/mol. The van der Waals surface area contributed by atoms with Gasteiger partial charge in [0.15, 0.2) is 0 Å². The van der Waals surface area contributed by atoms with E-state index in [2.05, 4.69) is 12.0 Å². The van der Waals surface area contributed by atoms with Crippen molar-refractivity contribution in [2.45, 2.75) is 44.6 Å². The average molecular weight is 208 g/mol. The zero-order chi connectivity index (χ0) is 10.9. The van der Waals surface area contributed by atoms with Crippen LogP contribution in [0, 0.1) is 5.92 Å². The molecule has 84 valence electrons. The summed E-state index contributed by atoms with van der Waals surface area (Å²) in [6.45, 7) is 2.17. The van der Waals surface area contributed by atoms with Crippen molar-refractivity contribution in [3.05, 3.63) is 18.0 Å². The molecule has 1 aromatic rings. The van der Waals surface area contributed by atoms with Gasteiger partial charge in [0.1, 0.15) is 0 Å². The van der Waals surface area contributed by atoms with Gasteiger partial charge in [-0.25, -0.2) is 0 Å². The Morgan fingerprint density at radius 2 is 2.47 bits per heavy atom. The van der Waals surface area contributed by atoms with Crippen LogP contribution in [-0.4, -0.2) is 20.5 Å². The number of aryl methyl sites for hydroxylation is 1. The maximum atomic E-state index is 10.6. The smallest absolute Gasteiger partial charge is 0.0717 e. The number of hydrogen-bond acceptors (Lipinski definition) is 2. The van der Waals surface area contributed by atoms with E-state index in [-0.39, 0.29) is 0 Å². The summed E-state index contributed by atoms with van der Waals surface area (Å²) in [4.78, 5) is 0. The molecule has 0 amide bonds. The monoisotopic (exact) mass is 208 g/mol. The number of aliphatic hydroxyl groups is 1. The normalized spacial score (nSPS) is 31.0. The van der Waals surface area contributed by atoms with Crippen LogP contribution in [-0.2, 0) is 13.5 Å². The highest BCUT2D eigenvalue weighted by Crippen LogP contribution is 2.39. The zero-order valence-electron chi connectivity index (χ0n) is 9.61. The third-order valence-corrected chi connectivity index (χ3v) is 3.68. The third kappa shape index (κ3) is 2.07. The van der Waals surface area contributed by atoms with Crippen LogP contribution in [0.15, 0.2) is 12.4 Å². The van der Waals surface area contributed by atoms with Crippen molar-refractivity contribution in [1.82, 2.24) is 9.78 Å². The van der Waals surface area contributed by atoms with Crippen LogP contribution in [0.1, 0.15) is 38.2 Å².